The van der Waals surface area contributed by atoms with Crippen LogP contribution in [0.5, 0.6) is 11.5 Å². The van der Waals surface area contributed by atoms with E-state index in [4.69, 9.17) is 14.6 Å². The summed E-state index contributed by atoms with van der Waals surface area (Å²) in [5, 5.41) is 18.4. The molecular weight excluding hydrogens is 243 g/mol. The van der Waals surface area contributed by atoms with E-state index < -0.39 is 18.2 Å². The molecule has 1 aromatic carbocycles. The fourth-order valence-corrected chi connectivity index (χ4v) is 1.77. The van der Waals surface area contributed by atoms with Gasteiger partial charge in [0, 0.05) is 5.56 Å². The normalized spacial score (nSPS) is 17.1. The van der Waals surface area contributed by atoms with Crippen molar-refractivity contribution in [1.82, 2.24) is 0 Å². The van der Waals surface area contributed by atoms with Gasteiger partial charge in [0.1, 0.15) is 19.4 Å². The summed E-state index contributed by atoms with van der Waals surface area (Å²) in [5.74, 6) is -0.992. The monoisotopic (exact) mass is 256 g/mol. The lowest BCUT2D eigenvalue weighted by atomic mass is 10.0. The lowest BCUT2D eigenvalue weighted by Crippen LogP contribution is -2.20. The van der Waals surface area contributed by atoms with Crippen LogP contribution in [0.4, 0.5) is 4.39 Å². The predicted molar refractivity (Wildman–Crippen MR) is 59.6 cm³/mol. The first-order chi connectivity index (χ1) is 8.50. The number of benzene rings is 1. The highest BCUT2D eigenvalue weighted by Crippen LogP contribution is 2.40. The van der Waals surface area contributed by atoms with Crippen LogP contribution in [0.3, 0.4) is 0 Å². The Kier molecular flexibility index (Phi) is 3.38. The Bertz CT molecular complexity index is 472. The molecule has 2 atom stereocenters. The number of ether oxygens (including phenoxy) is 2. The number of aliphatic hydroxyl groups excluding tert-OH is 1. The highest BCUT2D eigenvalue weighted by molar-refractivity contribution is 5.76. The van der Waals surface area contributed by atoms with Crippen LogP contribution in [0.2, 0.25) is 0 Å². The van der Waals surface area contributed by atoms with Crippen molar-refractivity contribution in [2.24, 2.45) is 0 Å². The number of fused-ring (bicyclic) bond motifs is 1. The third-order valence-electron chi connectivity index (χ3n) is 2.68. The summed E-state index contributed by atoms with van der Waals surface area (Å²) < 4.78 is 23.9. The average molecular weight is 256 g/mol. The molecule has 0 amide bonds. The molecule has 5 nitrogen and oxygen atoms in total. The largest absolute Gasteiger partial charge is 0.486 e. The van der Waals surface area contributed by atoms with Gasteiger partial charge in [0.15, 0.2) is 17.6 Å². The van der Waals surface area contributed by atoms with Gasteiger partial charge in [0.05, 0.1) is 0 Å². The van der Waals surface area contributed by atoms with Gasteiger partial charge < -0.3 is 19.7 Å². The standard InChI is InChI=1S/C12H13FO5/c1-6(13)7-4-8(10(14)12(15)16)11-9(5-7)17-2-3-18-11/h4-6,10,14H,2-3H2,1H3,(H,15,16). The molecule has 18 heavy (non-hydrogen) atoms. The molecule has 1 aromatic rings. The topological polar surface area (TPSA) is 76.0 Å². The highest BCUT2D eigenvalue weighted by atomic mass is 19.1. The SMILES string of the molecule is CC(F)c1cc2c(c(C(O)C(=O)O)c1)OCCO2. The maximum atomic E-state index is 13.3. The number of carbonyl (C=O) groups is 1. The minimum atomic E-state index is -1.76. The molecule has 2 rings (SSSR count). The molecule has 2 unspecified atom stereocenters. The van der Waals surface area contributed by atoms with E-state index in [-0.39, 0.29) is 29.2 Å². The Morgan fingerprint density at radius 2 is 2.06 bits per heavy atom. The lowest BCUT2D eigenvalue weighted by molar-refractivity contribution is -0.147. The number of halogens is 1. The molecule has 0 radical (unpaired) electrons. The van der Waals surface area contributed by atoms with E-state index >= 15 is 0 Å². The number of carboxylic acid groups (broad SMARTS) is 1. The maximum absolute atomic E-state index is 13.3. The van der Waals surface area contributed by atoms with Crippen molar-refractivity contribution >= 4 is 5.97 Å². The predicted octanol–water partition coefficient (Wildman–Crippen LogP) is 1.61. The van der Waals surface area contributed by atoms with Crippen molar-refractivity contribution < 1.29 is 28.9 Å². The first-order valence-electron chi connectivity index (χ1n) is 5.49. The van der Waals surface area contributed by atoms with Gasteiger partial charge in [0.2, 0.25) is 0 Å². The van der Waals surface area contributed by atoms with E-state index in [1.54, 1.807) is 0 Å². The molecule has 0 fully saturated rings. The molecule has 98 valence electrons. The zero-order valence-electron chi connectivity index (χ0n) is 9.72. The minimum Gasteiger partial charge on any atom is -0.486 e. The summed E-state index contributed by atoms with van der Waals surface area (Å²) in [6.07, 6.45) is -3.06. The van der Waals surface area contributed by atoms with Gasteiger partial charge in [-0.25, -0.2) is 9.18 Å². The minimum absolute atomic E-state index is 0.0131. The second kappa shape index (κ2) is 4.81. The smallest absolute Gasteiger partial charge is 0.337 e. The number of carboxylic acids is 1. The summed E-state index contributed by atoms with van der Waals surface area (Å²) in [5.41, 5.74) is 0.258. The van der Waals surface area contributed by atoms with Crippen molar-refractivity contribution in [3.05, 3.63) is 23.3 Å². The molecule has 1 heterocycles. The maximum Gasteiger partial charge on any atom is 0.337 e. The molecule has 0 aromatic heterocycles. The first-order valence-corrected chi connectivity index (χ1v) is 5.49. The van der Waals surface area contributed by atoms with Crippen LogP contribution in [-0.4, -0.2) is 29.4 Å². The second-order valence-electron chi connectivity index (χ2n) is 3.99. The summed E-state index contributed by atoms with van der Waals surface area (Å²) in [4.78, 5) is 10.8. The first kappa shape index (κ1) is 12.6. The molecule has 6 heteroatoms. The van der Waals surface area contributed by atoms with Crippen LogP contribution in [0.25, 0.3) is 0 Å². The van der Waals surface area contributed by atoms with Gasteiger partial charge in [-0.05, 0) is 24.6 Å². The Morgan fingerprint density at radius 1 is 1.39 bits per heavy atom. The molecule has 0 aliphatic carbocycles. The second-order valence-corrected chi connectivity index (χ2v) is 3.99. The van der Waals surface area contributed by atoms with Gasteiger partial charge in [-0.2, -0.15) is 0 Å². The Balaban J connectivity index is 2.54. The number of rotatable bonds is 3. The number of hydrogen-bond donors (Lipinski definition) is 2. The highest BCUT2D eigenvalue weighted by Gasteiger charge is 2.27. The number of hydrogen-bond acceptors (Lipinski definition) is 4. The van der Waals surface area contributed by atoms with Crippen LogP contribution >= 0.6 is 0 Å². The molecular formula is C12H13FO5. The van der Waals surface area contributed by atoms with Crippen molar-refractivity contribution in [2.75, 3.05) is 13.2 Å². The zero-order valence-corrected chi connectivity index (χ0v) is 9.72. The van der Waals surface area contributed by atoms with Crippen LogP contribution in [-0.2, 0) is 4.79 Å². The van der Waals surface area contributed by atoms with E-state index in [0.29, 0.717) is 6.61 Å². The van der Waals surface area contributed by atoms with Crippen LogP contribution in [0.15, 0.2) is 12.1 Å². The lowest BCUT2D eigenvalue weighted by Gasteiger charge is -2.23. The Morgan fingerprint density at radius 3 is 2.67 bits per heavy atom. The zero-order chi connectivity index (χ0) is 13.3. The molecule has 1 aliphatic rings. The molecule has 0 saturated carbocycles. The average Bonchev–Trinajstić information content (AvgIpc) is 2.36. The summed E-state index contributed by atoms with van der Waals surface area (Å²) in [6, 6.07) is 2.74. The summed E-state index contributed by atoms with van der Waals surface area (Å²) >= 11 is 0. The van der Waals surface area contributed by atoms with Crippen molar-refractivity contribution in [2.45, 2.75) is 19.2 Å². The van der Waals surface area contributed by atoms with Crippen molar-refractivity contribution in [3.8, 4) is 11.5 Å². The Labute approximate surface area is 103 Å². The van der Waals surface area contributed by atoms with Gasteiger partial charge in [-0.1, -0.05) is 0 Å². The molecule has 0 saturated heterocycles. The number of alkyl halides is 1. The van der Waals surface area contributed by atoms with E-state index in [0.717, 1.165) is 0 Å². The fourth-order valence-electron chi connectivity index (χ4n) is 1.77. The van der Waals surface area contributed by atoms with Crippen LogP contribution in [0, 0.1) is 0 Å². The van der Waals surface area contributed by atoms with Gasteiger partial charge in [-0.3, -0.25) is 0 Å². The number of aliphatic carboxylic acids is 1. The third kappa shape index (κ3) is 2.24. The fraction of sp³-hybridized carbons (Fsp3) is 0.417. The molecule has 1 aliphatic heterocycles. The van der Waals surface area contributed by atoms with E-state index in [9.17, 15) is 14.3 Å². The van der Waals surface area contributed by atoms with Crippen LogP contribution < -0.4 is 9.47 Å². The number of aliphatic hydroxyl groups is 1. The van der Waals surface area contributed by atoms with E-state index in [1.165, 1.54) is 19.1 Å². The van der Waals surface area contributed by atoms with E-state index in [2.05, 4.69) is 0 Å². The van der Waals surface area contributed by atoms with E-state index in [1.807, 2.05) is 0 Å². The van der Waals surface area contributed by atoms with Crippen molar-refractivity contribution in [3.63, 3.8) is 0 Å². The quantitative estimate of drug-likeness (QED) is 0.859. The van der Waals surface area contributed by atoms with Gasteiger partial charge in [0.25, 0.3) is 0 Å². The third-order valence-corrected chi connectivity index (χ3v) is 2.68. The Hall–Kier alpha value is -1.82. The summed E-state index contributed by atoms with van der Waals surface area (Å²) in [6.45, 7) is 1.89. The van der Waals surface area contributed by atoms with Crippen LogP contribution in [0.1, 0.15) is 30.3 Å². The molecule has 0 spiro atoms. The summed E-state index contributed by atoms with van der Waals surface area (Å²) in [7, 11) is 0. The van der Waals surface area contributed by atoms with Crippen molar-refractivity contribution in [1.29, 1.82) is 0 Å². The molecule has 2 N–H and O–H groups in total. The van der Waals surface area contributed by atoms with Gasteiger partial charge in [-0.15, -0.1) is 0 Å². The van der Waals surface area contributed by atoms with Gasteiger partial charge >= 0.3 is 5.97 Å². The molecule has 0 bridgehead atoms.